The Kier molecular flexibility index (Phi) is 6.42. The number of pyridine rings is 1. The van der Waals surface area contributed by atoms with Gasteiger partial charge in [-0.3, -0.25) is 0 Å². The van der Waals surface area contributed by atoms with Crippen LogP contribution in [0.5, 0.6) is 5.75 Å². The Balaban J connectivity index is 0.00000208. The van der Waals surface area contributed by atoms with Crippen molar-refractivity contribution in [2.24, 2.45) is 0 Å². The van der Waals surface area contributed by atoms with E-state index < -0.39 is 0 Å². The molecule has 0 aliphatic carbocycles. The van der Waals surface area contributed by atoms with Crippen LogP contribution in [0, 0.1) is 0 Å². The zero-order chi connectivity index (χ0) is 16.1. The number of phenols is 1. The molecule has 2 nitrogen and oxygen atoms in total. The largest absolute Gasteiger partial charge is 1.00 e. The topological polar surface area (TPSA) is 24.1 Å². The highest BCUT2D eigenvalue weighted by Gasteiger charge is 2.02. The van der Waals surface area contributed by atoms with E-state index in [2.05, 4.69) is 22.8 Å². The molecule has 0 amide bonds. The van der Waals surface area contributed by atoms with Crippen LogP contribution in [-0.4, -0.2) is 5.11 Å². The van der Waals surface area contributed by atoms with Gasteiger partial charge in [0.25, 0.3) is 0 Å². The fourth-order valence-electron chi connectivity index (χ4n) is 2.35. The molecule has 0 fully saturated rings. The highest BCUT2D eigenvalue weighted by Crippen LogP contribution is 2.14. The third-order valence-electron chi connectivity index (χ3n) is 3.51. The van der Waals surface area contributed by atoms with Crippen molar-refractivity contribution < 1.29 is 22.1 Å². The summed E-state index contributed by atoms with van der Waals surface area (Å²) in [7, 11) is 0. The van der Waals surface area contributed by atoms with Crippen molar-refractivity contribution in [2.75, 3.05) is 0 Å². The molecule has 122 valence electrons. The van der Waals surface area contributed by atoms with Gasteiger partial charge in [0.15, 0.2) is 18.9 Å². The van der Waals surface area contributed by atoms with Gasteiger partial charge in [-0.2, -0.15) is 0 Å². The van der Waals surface area contributed by atoms with Crippen LogP contribution in [0.1, 0.15) is 16.7 Å². The Labute approximate surface area is 153 Å². The van der Waals surface area contributed by atoms with Gasteiger partial charge in [-0.05, 0) is 35.4 Å². The Bertz CT molecular complexity index is 829. The van der Waals surface area contributed by atoms with Crippen molar-refractivity contribution in [1.29, 1.82) is 0 Å². The van der Waals surface area contributed by atoms with E-state index in [0.717, 1.165) is 22.7 Å². The average Bonchev–Trinajstić information content (AvgIpc) is 2.54. The van der Waals surface area contributed by atoms with Gasteiger partial charge in [-0.15, -0.1) is 0 Å². The quantitative estimate of drug-likeness (QED) is 0.704. The maximum absolute atomic E-state index is 9.46. The zero-order valence-electron chi connectivity index (χ0n) is 12.9. The lowest BCUT2D eigenvalue weighted by Crippen LogP contribution is -3.00. The number of hydrogen-bond acceptors (Lipinski definition) is 1. The molecule has 0 unspecified atom stereocenters. The molecule has 1 heterocycles. The Morgan fingerprint density at radius 1 is 0.875 bits per heavy atom. The molecular formula is C20H17Cl2NO. The van der Waals surface area contributed by atoms with Gasteiger partial charge >= 0.3 is 0 Å². The number of nitrogens with zero attached hydrogens (tertiary/aromatic N) is 1. The normalized spacial score (nSPS) is 10.5. The van der Waals surface area contributed by atoms with E-state index in [9.17, 15) is 5.11 Å². The molecule has 1 N–H and O–H groups in total. The summed E-state index contributed by atoms with van der Waals surface area (Å²) in [6, 6.07) is 19.2. The molecule has 3 aromatic rings. The molecule has 0 aliphatic heterocycles. The maximum atomic E-state index is 9.46. The van der Waals surface area contributed by atoms with Crippen LogP contribution in [0.25, 0.3) is 12.2 Å². The molecule has 0 bridgehead atoms. The molecule has 4 heteroatoms. The van der Waals surface area contributed by atoms with Gasteiger partial charge in [-0.1, -0.05) is 48.0 Å². The molecular weight excluding hydrogens is 341 g/mol. The van der Waals surface area contributed by atoms with Crippen molar-refractivity contribution in [3.05, 3.63) is 94.8 Å². The first-order valence-electron chi connectivity index (χ1n) is 7.40. The summed E-state index contributed by atoms with van der Waals surface area (Å²) in [5.74, 6) is 0.277. The van der Waals surface area contributed by atoms with Crippen molar-refractivity contribution in [2.45, 2.75) is 6.54 Å². The third kappa shape index (κ3) is 5.12. The van der Waals surface area contributed by atoms with E-state index in [1.54, 1.807) is 12.1 Å². The molecule has 2 aromatic carbocycles. The minimum atomic E-state index is 0. The van der Waals surface area contributed by atoms with Crippen LogP contribution in [0.15, 0.2) is 73.1 Å². The molecule has 1 aromatic heterocycles. The summed E-state index contributed by atoms with van der Waals surface area (Å²) in [6.45, 7) is 0.789. The van der Waals surface area contributed by atoms with E-state index in [4.69, 9.17) is 11.6 Å². The average molecular weight is 358 g/mol. The Morgan fingerprint density at radius 2 is 1.58 bits per heavy atom. The second kappa shape index (κ2) is 8.53. The van der Waals surface area contributed by atoms with Crippen molar-refractivity contribution in [1.82, 2.24) is 0 Å². The summed E-state index contributed by atoms with van der Waals surface area (Å²) in [6.07, 6.45) is 8.10. The number of benzene rings is 2. The maximum Gasteiger partial charge on any atom is 0.173 e. The second-order valence-electron chi connectivity index (χ2n) is 5.36. The molecule has 0 saturated carbocycles. The first-order chi connectivity index (χ1) is 11.2. The fourth-order valence-corrected chi connectivity index (χ4v) is 2.57. The third-order valence-corrected chi connectivity index (χ3v) is 3.74. The van der Waals surface area contributed by atoms with Gasteiger partial charge in [0.05, 0.1) is 0 Å². The minimum absolute atomic E-state index is 0. The molecule has 0 aliphatic rings. The Morgan fingerprint density at radius 3 is 2.29 bits per heavy atom. The van der Waals surface area contributed by atoms with Gasteiger partial charge in [0.2, 0.25) is 0 Å². The van der Waals surface area contributed by atoms with Crippen LogP contribution < -0.4 is 17.0 Å². The summed E-state index contributed by atoms with van der Waals surface area (Å²) < 4.78 is 2.11. The first kappa shape index (κ1) is 18.1. The highest BCUT2D eigenvalue weighted by molar-refractivity contribution is 6.30. The molecule has 0 saturated heterocycles. The van der Waals surface area contributed by atoms with Crippen LogP contribution in [-0.2, 0) is 6.54 Å². The summed E-state index contributed by atoms with van der Waals surface area (Å²) in [5, 5.41) is 10.2. The summed E-state index contributed by atoms with van der Waals surface area (Å²) in [5.41, 5.74) is 3.25. The highest BCUT2D eigenvalue weighted by atomic mass is 35.5. The van der Waals surface area contributed by atoms with Gasteiger partial charge < -0.3 is 17.5 Å². The molecule has 24 heavy (non-hydrogen) atoms. The fraction of sp³-hybridized carbons (Fsp3) is 0.0500. The van der Waals surface area contributed by atoms with Crippen molar-refractivity contribution in [3.63, 3.8) is 0 Å². The van der Waals surface area contributed by atoms with Crippen LogP contribution in [0.4, 0.5) is 0 Å². The summed E-state index contributed by atoms with van der Waals surface area (Å²) in [4.78, 5) is 0. The lowest BCUT2D eigenvalue weighted by molar-refractivity contribution is -0.688. The molecule has 0 spiro atoms. The van der Waals surface area contributed by atoms with Crippen molar-refractivity contribution in [3.8, 4) is 5.75 Å². The van der Waals surface area contributed by atoms with Crippen LogP contribution in [0.2, 0.25) is 5.02 Å². The standard InChI is InChI=1S/C20H16ClNO.ClH/c21-19-5-1-4-18(13-19)15-22-11-9-16(10-12-22)7-8-17-3-2-6-20(23)14-17;/h1-14H,15H2;1H/b8-7+;. The number of phenolic OH excluding ortho intramolecular Hbond substituents is 1. The monoisotopic (exact) mass is 357 g/mol. The summed E-state index contributed by atoms with van der Waals surface area (Å²) >= 11 is 6.01. The van der Waals surface area contributed by atoms with E-state index in [1.165, 1.54) is 5.56 Å². The van der Waals surface area contributed by atoms with Crippen molar-refractivity contribution >= 4 is 23.8 Å². The van der Waals surface area contributed by atoms with E-state index in [1.807, 2.05) is 54.9 Å². The van der Waals surface area contributed by atoms with Crippen LogP contribution in [0.3, 0.4) is 0 Å². The minimum Gasteiger partial charge on any atom is -1.00 e. The van der Waals surface area contributed by atoms with Gasteiger partial charge in [0, 0.05) is 22.7 Å². The number of halogens is 2. The number of hydrogen-bond donors (Lipinski definition) is 1. The lowest BCUT2D eigenvalue weighted by atomic mass is 10.1. The SMILES string of the molecule is Oc1cccc(/C=C/c2cc[n+](Cc3cccc(Cl)c3)cc2)c1.[Cl-]. The van der Waals surface area contributed by atoms with E-state index in [-0.39, 0.29) is 18.2 Å². The van der Waals surface area contributed by atoms with Gasteiger partial charge in [-0.25, -0.2) is 4.57 Å². The first-order valence-corrected chi connectivity index (χ1v) is 7.77. The van der Waals surface area contributed by atoms with Gasteiger partial charge in [0.1, 0.15) is 5.75 Å². The smallest absolute Gasteiger partial charge is 0.173 e. The molecule has 0 atom stereocenters. The van der Waals surface area contributed by atoms with Crippen LogP contribution >= 0.6 is 11.6 Å². The number of rotatable bonds is 4. The van der Waals surface area contributed by atoms with E-state index in [0.29, 0.717) is 0 Å². The van der Waals surface area contributed by atoms with E-state index >= 15 is 0 Å². The zero-order valence-corrected chi connectivity index (χ0v) is 14.5. The number of aromatic hydroxyl groups is 1. The molecule has 0 radical (unpaired) electrons. The number of aromatic nitrogens is 1. The predicted octanol–water partition coefficient (Wildman–Crippen LogP) is 1.56. The molecule has 3 rings (SSSR count). The Hall–Kier alpha value is -2.29. The second-order valence-corrected chi connectivity index (χ2v) is 5.80. The predicted molar refractivity (Wildman–Crippen MR) is 94.2 cm³/mol. The lowest BCUT2D eigenvalue weighted by Gasteiger charge is -1.99.